The van der Waals surface area contributed by atoms with E-state index in [4.69, 9.17) is 0 Å². The average molecular weight is 544 g/mol. The lowest BCUT2D eigenvalue weighted by Gasteiger charge is -2.49. The zero-order valence-corrected chi connectivity index (χ0v) is 23.1. The highest BCUT2D eigenvalue weighted by molar-refractivity contribution is 8.01. The van der Waals surface area contributed by atoms with E-state index >= 15 is 0 Å². The van der Waals surface area contributed by atoms with E-state index < -0.39 is 28.3 Å². The molecule has 3 atom stereocenters. The van der Waals surface area contributed by atoms with Gasteiger partial charge in [-0.2, -0.15) is 0 Å². The van der Waals surface area contributed by atoms with E-state index in [1.807, 2.05) is 68.4 Å². The molecular weight excluding hydrogens is 510 g/mol. The Morgan fingerprint density at radius 2 is 1.38 bits per heavy atom. The standard InChI is InChI=1S/C31H33N3O4S/c1-30(2)26(27(36)32-20-19-24(35)38-3)34-28(37)25(29(34)39-30)33-31(21-13-7-4-8-14-21,22-15-9-5-10-16-22)23-17-11-6-12-18-23/h4-18,25-26,29,33H,19-20H2,1-3H3,(H,32,36)/t25?,26?,29-/m0/s1. The van der Waals surface area contributed by atoms with Gasteiger partial charge in [-0.05, 0) is 30.5 Å². The Morgan fingerprint density at radius 1 is 0.897 bits per heavy atom. The van der Waals surface area contributed by atoms with Crippen LogP contribution in [0.3, 0.4) is 0 Å². The Kier molecular flexibility index (Phi) is 7.51. The van der Waals surface area contributed by atoms with Crippen molar-refractivity contribution in [3.8, 4) is 0 Å². The van der Waals surface area contributed by atoms with E-state index in [2.05, 4.69) is 51.8 Å². The van der Waals surface area contributed by atoms with Crippen LogP contribution < -0.4 is 10.6 Å². The molecule has 8 heteroatoms. The van der Waals surface area contributed by atoms with Crippen LogP contribution in [0.15, 0.2) is 91.0 Å². The highest BCUT2D eigenvalue weighted by Gasteiger charge is 2.64. The molecular formula is C31H33N3O4S. The van der Waals surface area contributed by atoms with Crippen molar-refractivity contribution in [1.82, 2.24) is 15.5 Å². The van der Waals surface area contributed by atoms with Crippen molar-refractivity contribution in [3.63, 3.8) is 0 Å². The smallest absolute Gasteiger partial charge is 0.307 e. The van der Waals surface area contributed by atoms with E-state index in [0.717, 1.165) is 16.7 Å². The molecule has 0 aliphatic carbocycles. The molecule has 0 radical (unpaired) electrons. The number of amides is 2. The van der Waals surface area contributed by atoms with Gasteiger partial charge in [0, 0.05) is 11.3 Å². The van der Waals surface area contributed by atoms with E-state index in [-0.39, 0.29) is 30.2 Å². The summed E-state index contributed by atoms with van der Waals surface area (Å²) in [5.41, 5.74) is 2.27. The molecule has 0 aromatic heterocycles. The van der Waals surface area contributed by atoms with Crippen molar-refractivity contribution < 1.29 is 19.1 Å². The molecule has 2 amide bonds. The van der Waals surface area contributed by atoms with E-state index in [1.165, 1.54) is 7.11 Å². The fourth-order valence-electron chi connectivity index (χ4n) is 5.71. The van der Waals surface area contributed by atoms with Gasteiger partial charge in [0.15, 0.2) is 0 Å². The molecule has 2 unspecified atom stereocenters. The summed E-state index contributed by atoms with van der Waals surface area (Å²) < 4.78 is 4.15. The minimum atomic E-state index is -0.790. The summed E-state index contributed by atoms with van der Waals surface area (Å²) in [5.74, 6) is -0.763. The van der Waals surface area contributed by atoms with Gasteiger partial charge >= 0.3 is 5.97 Å². The summed E-state index contributed by atoms with van der Waals surface area (Å²) in [7, 11) is 1.32. The van der Waals surface area contributed by atoms with Crippen LogP contribution in [0.1, 0.15) is 37.0 Å². The first-order valence-electron chi connectivity index (χ1n) is 13.1. The van der Waals surface area contributed by atoms with Gasteiger partial charge in [-0.15, -0.1) is 11.8 Å². The SMILES string of the molecule is COC(=O)CCNC(=O)C1N2C(=O)C(NC(c3ccccc3)(c3ccccc3)c3ccccc3)[C@@H]2SC1(C)C. The number of thioether (sulfide) groups is 1. The van der Waals surface area contributed by atoms with Crippen LogP contribution in [0, 0.1) is 0 Å². The van der Waals surface area contributed by atoms with Gasteiger partial charge in [0.05, 0.1) is 19.1 Å². The fourth-order valence-corrected chi connectivity index (χ4v) is 7.34. The number of β-lactam (4-membered cyclic amide) rings is 1. The molecule has 3 aromatic carbocycles. The van der Waals surface area contributed by atoms with Gasteiger partial charge in [-0.3, -0.25) is 19.7 Å². The maximum absolute atomic E-state index is 13.8. The Hall–Kier alpha value is -3.62. The molecule has 2 heterocycles. The molecule has 2 aliphatic heterocycles. The quantitative estimate of drug-likeness (QED) is 0.243. The van der Waals surface area contributed by atoms with Crippen LogP contribution in [0.4, 0.5) is 0 Å². The summed E-state index contributed by atoms with van der Waals surface area (Å²) in [6.07, 6.45) is 0.0812. The van der Waals surface area contributed by atoms with Crippen molar-refractivity contribution in [3.05, 3.63) is 108 Å². The minimum Gasteiger partial charge on any atom is -0.469 e. The fraction of sp³-hybridized carbons (Fsp3) is 0.323. The van der Waals surface area contributed by atoms with Crippen LogP contribution in [-0.4, -0.2) is 58.5 Å². The number of rotatable bonds is 9. The number of hydrogen-bond acceptors (Lipinski definition) is 6. The first-order chi connectivity index (χ1) is 18.8. The number of carbonyl (C=O) groups is 3. The Balaban J connectivity index is 1.49. The summed E-state index contributed by atoms with van der Waals surface area (Å²) in [4.78, 5) is 40.3. The Labute approximate surface area is 233 Å². The molecule has 2 aliphatic rings. The lowest BCUT2D eigenvalue weighted by Crippen LogP contribution is -2.73. The van der Waals surface area contributed by atoms with Gasteiger partial charge < -0.3 is 15.0 Å². The van der Waals surface area contributed by atoms with Crippen LogP contribution in [0.2, 0.25) is 0 Å². The first kappa shape index (κ1) is 27.0. The van der Waals surface area contributed by atoms with Crippen LogP contribution in [0.25, 0.3) is 0 Å². The van der Waals surface area contributed by atoms with Crippen LogP contribution in [-0.2, 0) is 24.7 Å². The van der Waals surface area contributed by atoms with Gasteiger partial charge in [-0.1, -0.05) is 91.0 Å². The molecule has 3 aromatic rings. The van der Waals surface area contributed by atoms with E-state index in [0.29, 0.717) is 0 Å². The summed E-state index contributed by atoms with van der Waals surface area (Å²) in [6, 6.07) is 29.3. The molecule has 7 nitrogen and oxygen atoms in total. The molecule has 0 saturated carbocycles. The summed E-state index contributed by atoms with van der Waals surface area (Å²) >= 11 is 1.63. The lowest BCUT2D eigenvalue weighted by atomic mass is 9.76. The zero-order valence-electron chi connectivity index (χ0n) is 22.3. The molecule has 0 bridgehead atoms. The number of esters is 1. The average Bonchev–Trinajstić information content (AvgIpc) is 3.22. The van der Waals surface area contributed by atoms with Crippen molar-refractivity contribution >= 4 is 29.5 Å². The first-order valence-corrected chi connectivity index (χ1v) is 14.0. The third kappa shape index (κ3) is 4.83. The van der Waals surface area contributed by atoms with Crippen molar-refractivity contribution in [2.75, 3.05) is 13.7 Å². The molecule has 2 saturated heterocycles. The monoisotopic (exact) mass is 543 g/mol. The predicted octanol–water partition coefficient (Wildman–Crippen LogP) is 3.68. The van der Waals surface area contributed by atoms with E-state index in [9.17, 15) is 14.4 Å². The molecule has 0 spiro atoms. The zero-order chi connectivity index (χ0) is 27.6. The Morgan fingerprint density at radius 3 is 1.85 bits per heavy atom. The highest BCUT2D eigenvalue weighted by Crippen LogP contribution is 2.52. The largest absolute Gasteiger partial charge is 0.469 e. The second kappa shape index (κ2) is 10.9. The molecule has 39 heavy (non-hydrogen) atoms. The number of nitrogens with one attached hydrogen (secondary N) is 2. The second-order valence-corrected chi connectivity index (χ2v) is 12.1. The highest BCUT2D eigenvalue weighted by atomic mass is 32.2. The molecule has 202 valence electrons. The van der Waals surface area contributed by atoms with Crippen molar-refractivity contribution in [2.45, 2.75) is 48.0 Å². The van der Waals surface area contributed by atoms with Gasteiger partial charge in [0.25, 0.3) is 0 Å². The Bertz CT molecular complexity index is 1240. The number of benzene rings is 3. The molecule has 5 rings (SSSR count). The van der Waals surface area contributed by atoms with Crippen molar-refractivity contribution in [2.24, 2.45) is 0 Å². The van der Waals surface area contributed by atoms with Gasteiger partial charge in [0.1, 0.15) is 17.5 Å². The summed E-state index contributed by atoms with van der Waals surface area (Å²) in [5, 5.41) is 6.40. The van der Waals surface area contributed by atoms with Crippen LogP contribution >= 0.6 is 11.8 Å². The number of hydrogen-bond donors (Lipinski definition) is 2. The topological polar surface area (TPSA) is 87.7 Å². The third-order valence-corrected chi connectivity index (χ3v) is 9.11. The normalized spacial score (nSPS) is 21.6. The maximum Gasteiger partial charge on any atom is 0.307 e. The van der Waals surface area contributed by atoms with E-state index in [1.54, 1.807) is 16.7 Å². The summed E-state index contributed by atoms with van der Waals surface area (Å²) in [6.45, 7) is 4.14. The predicted molar refractivity (Wildman–Crippen MR) is 152 cm³/mol. The third-order valence-electron chi connectivity index (χ3n) is 7.54. The lowest BCUT2D eigenvalue weighted by molar-refractivity contribution is -0.154. The maximum atomic E-state index is 13.8. The number of nitrogens with zero attached hydrogens (tertiary/aromatic N) is 1. The minimum absolute atomic E-state index is 0.0812. The van der Waals surface area contributed by atoms with Gasteiger partial charge in [-0.25, -0.2) is 0 Å². The molecule has 2 N–H and O–H groups in total. The van der Waals surface area contributed by atoms with Crippen LogP contribution in [0.5, 0.6) is 0 Å². The number of fused-ring (bicyclic) bond motifs is 1. The van der Waals surface area contributed by atoms with Gasteiger partial charge in [0.2, 0.25) is 11.8 Å². The molecule has 2 fully saturated rings. The second-order valence-electron chi connectivity index (χ2n) is 10.3. The number of carbonyl (C=O) groups excluding carboxylic acids is 3. The van der Waals surface area contributed by atoms with Crippen molar-refractivity contribution in [1.29, 1.82) is 0 Å². The number of methoxy groups -OCH3 is 1. The number of ether oxygens (including phenoxy) is 1.